The van der Waals surface area contributed by atoms with Gasteiger partial charge in [0.15, 0.2) is 5.60 Å². The Labute approximate surface area is 172 Å². The van der Waals surface area contributed by atoms with Crippen molar-refractivity contribution < 1.29 is 19.4 Å². The lowest BCUT2D eigenvalue weighted by atomic mass is 9.86. The fourth-order valence-electron chi connectivity index (χ4n) is 4.31. The molecule has 0 aliphatic carbocycles. The maximum Gasteiger partial charge on any atom is 0.343 e. The van der Waals surface area contributed by atoms with Gasteiger partial charge in [-0.2, -0.15) is 0 Å². The van der Waals surface area contributed by atoms with Crippen LogP contribution in [-0.2, 0) is 28.3 Å². The number of fused-ring (bicyclic) bond motifs is 5. The Balaban J connectivity index is 1.69. The molecular formula is C23H22N2O5. The van der Waals surface area contributed by atoms with E-state index in [0.717, 1.165) is 22.2 Å². The molecule has 5 rings (SSSR count). The molecule has 0 fully saturated rings. The Morgan fingerprint density at radius 1 is 1.27 bits per heavy atom. The first-order chi connectivity index (χ1) is 14.3. The van der Waals surface area contributed by atoms with Crippen LogP contribution in [0.2, 0.25) is 0 Å². The van der Waals surface area contributed by atoms with Gasteiger partial charge in [0.1, 0.15) is 12.4 Å². The molecule has 154 valence electrons. The highest BCUT2D eigenvalue weighted by molar-refractivity contribution is 5.87. The minimum atomic E-state index is -1.81. The third-order valence-corrected chi connectivity index (χ3v) is 5.85. The Morgan fingerprint density at radius 3 is 2.80 bits per heavy atom. The number of aromatic nitrogens is 2. The molecule has 2 aliphatic heterocycles. The van der Waals surface area contributed by atoms with E-state index in [4.69, 9.17) is 14.5 Å². The van der Waals surface area contributed by atoms with Crippen molar-refractivity contribution in [3.05, 3.63) is 57.4 Å². The fourth-order valence-corrected chi connectivity index (χ4v) is 4.31. The van der Waals surface area contributed by atoms with Gasteiger partial charge in [-0.15, -0.1) is 0 Å². The SMILES string of the molecule is CC[C@@]1(O)C(=O)OCc2c1cc1n(c2=O)Cc2cc3cc(OC(C)C)ccc3nc2-1. The first-order valence-electron chi connectivity index (χ1n) is 10.1. The molecule has 0 radical (unpaired) electrons. The Kier molecular flexibility index (Phi) is 4.02. The normalized spacial score (nSPS) is 19.4. The molecular weight excluding hydrogens is 384 g/mol. The zero-order valence-corrected chi connectivity index (χ0v) is 17.1. The number of rotatable bonds is 3. The number of hydrogen-bond acceptors (Lipinski definition) is 6. The predicted octanol–water partition coefficient (Wildman–Crippen LogP) is 2.87. The molecule has 1 aromatic carbocycles. The average molecular weight is 406 g/mol. The molecule has 0 saturated heterocycles. The van der Waals surface area contributed by atoms with E-state index in [9.17, 15) is 14.7 Å². The van der Waals surface area contributed by atoms with Crippen LogP contribution in [0, 0.1) is 0 Å². The van der Waals surface area contributed by atoms with E-state index in [1.165, 1.54) is 0 Å². The van der Waals surface area contributed by atoms with Crippen molar-refractivity contribution in [1.82, 2.24) is 9.55 Å². The Hall–Kier alpha value is -3.19. The summed E-state index contributed by atoms with van der Waals surface area (Å²) in [7, 11) is 0. The minimum absolute atomic E-state index is 0.0706. The van der Waals surface area contributed by atoms with Gasteiger partial charge in [-0.1, -0.05) is 6.92 Å². The van der Waals surface area contributed by atoms with Gasteiger partial charge >= 0.3 is 5.97 Å². The Morgan fingerprint density at radius 2 is 2.07 bits per heavy atom. The maximum absolute atomic E-state index is 13.2. The summed E-state index contributed by atoms with van der Waals surface area (Å²) in [5.41, 5.74) is 1.58. The monoisotopic (exact) mass is 406 g/mol. The van der Waals surface area contributed by atoms with Crippen LogP contribution < -0.4 is 10.3 Å². The summed E-state index contributed by atoms with van der Waals surface area (Å²) in [6, 6.07) is 9.46. The fraction of sp³-hybridized carbons (Fsp3) is 0.348. The number of carbonyl (C=O) groups excluding carboxylic acids is 1. The van der Waals surface area contributed by atoms with Gasteiger partial charge in [0.2, 0.25) is 0 Å². The first-order valence-corrected chi connectivity index (χ1v) is 10.1. The molecule has 2 aromatic heterocycles. The summed E-state index contributed by atoms with van der Waals surface area (Å²) in [4.78, 5) is 30.2. The van der Waals surface area contributed by atoms with E-state index >= 15 is 0 Å². The molecule has 1 atom stereocenters. The van der Waals surface area contributed by atoms with Gasteiger partial charge in [0.05, 0.1) is 35.1 Å². The van der Waals surface area contributed by atoms with E-state index < -0.39 is 11.6 Å². The van der Waals surface area contributed by atoms with Crippen molar-refractivity contribution in [3.63, 3.8) is 0 Å². The number of nitrogens with zero attached hydrogens (tertiary/aromatic N) is 2. The van der Waals surface area contributed by atoms with Crippen molar-refractivity contribution in [1.29, 1.82) is 0 Å². The second kappa shape index (κ2) is 6.40. The van der Waals surface area contributed by atoms with Crippen molar-refractivity contribution in [2.75, 3.05) is 0 Å². The van der Waals surface area contributed by atoms with Gasteiger partial charge in [0, 0.05) is 16.5 Å². The van der Waals surface area contributed by atoms with Gasteiger partial charge in [-0.05, 0) is 50.6 Å². The van der Waals surface area contributed by atoms with E-state index in [1.807, 2.05) is 38.1 Å². The molecule has 2 aliphatic rings. The number of hydrogen-bond donors (Lipinski definition) is 1. The molecule has 0 bridgehead atoms. The maximum atomic E-state index is 13.2. The summed E-state index contributed by atoms with van der Waals surface area (Å²) in [6.07, 6.45) is 0.194. The lowest BCUT2D eigenvalue weighted by Gasteiger charge is -2.31. The summed E-state index contributed by atoms with van der Waals surface area (Å²) in [5.74, 6) is 0.0512. The standard InChI is InChI=1S/C23H22N2O5/c1-4-23(28)17-9-19-20-14(10-25(19)21(26)16(17)11-29-22(23)27)7-13-8-15(30-12(2)3)5-6-18(13)24-20/h5-9,12,28H,4,10-11H2,1-3H3/t23-/m0/s1. The first kappa shape index (κ1) is 18.8. The van der Waals surface area contributed by atoms with Crippen molar-refractivity contribution in [2.24, 2.45) is 0 Å². The number of benzene rings is 1. The lowest BCUT2D eigenvalue weighted by molar-refractivity contribution is -0.172. The average Bonchev–Trinajstić information content (AvgIpc) is 3.07. The van der Waals surface area contributed by atoms with Crippen LogP contribution >= 0.6 is 0 Å². The van der Waals surface area contributed by atoms with Crippen molar-refractivity contribution in [2.45, 2.75) is 52.0 Å². The Bertz CT molecular complexity index is 1280. The van der Waals surface area contributed by atoms with Crippen LogP contribution in [0.5, 0.6) is 5.75 Å². The highest BCUT2D eigenvalue weighted by atomic mass is 16.6. The van der Waals surface area contributed by atoms with E-state index in [0.29, 0.717) is 29.1 Å². The predicted molar refractivity (Wildman–Crippen MR) is 110 cm³/mol. The second-order valence-corrected chi connectivity index (χ2v) is 8.12. The smallest absolute Gasteiger partial charge is 0.343 e. The van der Waals surface area contributed by atoms with Gasteiger partial charge < -0.3 is 19.1 Å². The molecule has 7 nitrogen and oxygen atoms in total. The second-order valence-electron chi connectivity index (χ2n) is 8.12. The number of ether oxygens (including phenoxy) is 2. The van der Waals surface area contributed by atoms with Crippen LogP contribution in [0.25, 0.3) is 22.3 Å². The highest BCUT2D eigenvalue weighted by Crippen LogP contribution is 2.38. The molecule has 7 heteroatoms. The topological polar surface area (TPSA) is 90.7 Å². The van der Waals surface area contributed by atoms with Crippen LogP contribution in [0.4, 0.5) is 0 Å². The summed E-state index contributed by atoms with van der Waals surface area (Å²) in [5, 5.41) is 11.9. The van der Waals surface area contributed by atoms with E-state index in [1.54, 1.807) is 17.6 Å². The zero-order valence-electron chi connectivity index (χ0n) is 17.1. The highest BCUT2D eigenvalue weighted by Gasteiger charge is 2.45. The van der Waals surface area contributed by atoms with E-state index in [-0.39, 0.29) is 24.7 Å². The van der Waals surface area contributed by atoms with E-state index in [2.05, 4.69) is 0 Å². The number of esters is 1. The molecule has 30 heavy (non-hydrogen) atoms. The number of cyclic esters (lactones) is 1. The number of aliphatic hydroxyl groups is 1. The third-order valence-electron chi connectivity index (χ3n) is 5.85. The van der Waals surface area contributed by atoms with Crippen LogP contribution in [0.3, 0.4) is 0 Å². The zero-order chi connectivity index (χ0) is 21.2. The van der Waals surface area contributed by atoms with Crippen molar-refractivity contribution >= 4 is 16.9 Å². The van der Waals surface area contributed by atoms with Crippen molar-refractivity contribution in [3.8, 4) is 17.1 Å². The molecule has 4 heterocycles. The summed E-state index contributed by atoms with van der Waals surface area (Å²) < 4.78 is 12.5. The van der Waals surface area contributed by atoms with Crippen LogP contribution in [-0.4, -0.2) is 26.7 Å². The summed E-state index contributed by atoms with van der Waals surface area (Å²) >= 11 is 0. The lowest BCUT2D eigenvalue weighted by Crippen LogP contribution is -2.44. The third kappa shape index (κ3) is 2.58. The quantitative estimate of drug-likeness (QED) is 0.526. The molecule has 3 aromatic rings. The largest absolute Gasteiger partial charge is 0.491 e. The molecule has 1 N–H and O–H groups in total. The molecule has 0 unspecified atom stereocenters. The molecule has 0 saturated carbocycles. The van der Waals surface area contributed by atoms with Crippen LogP contribution in [0.15, 0.2) is 35.1 Å². The summed E-state index contributed by atoms with van der Waals surface area (Å²) in [6.45, 7) is 5.90. The molecule has 0 spiro atoms. The minimum Gasteiger partial charge on any atom is -0.491 e. The van der Waals surface area contributed by atoms with Gasteiger partial charge in [-0.25, -0.2) is 9.78 Å². The van der Waals surface area contributed by atoms with Gasteiger partial charge in [0.25, 0.3) is 5.56 Å². The molecule has 0 amide bonds. The number of carbonyl (C=O) groups is 1. The van der Waals surface area contributed by atoms with Gasteiger partial charge in [-0.3, -0.25) is 4.79 Å². The number of pyridine rings is 2. The van der Waals surface area contributed by atoms with Crippen LogP contribution in [0.1, 0.15) is 43.9 Å².